The molecule has 0 unspecified atom stereocenters. The summed E-state index contributed by atoms with van der Waals surface area (Å²) in [6, 6.07) is 8.53. The molecule has 0 bridgehead atoms. The van der Waals surface area contributed by atoms with Crippen LogP contribution < -0.4 is 16.0 Å². The Morgan fingerprint density at radius 3 is 2.38 bits per heavy atom. The smallest absolute Gasteiger partial charge is 0.221 e. The molecule has 0 aliphatic heterocycles. The number of benzene rings is 1. The number of carbonyl (C=O) groups is 1. The molecule has 1 rings (SSSR count). The zero-order valence-electron chi connectivity index (χ0n) is 15.2. The third-order valence-electron chi connectivity index (χ3n) is 3.35. The first-order valence-corrected chi connectivity index (χ1v) is 8.45. The maximum Gasteiger partial charge on any atom is 0.221 e. The van der Waals surface area contributed by atoms with E-state index in [0.29, 0.717) is 19.5 Å². The molecule has 1 aromatic rings. The van der Waals surface area contributed by atoms with E-state index in [1.54, 1.807) is 0 Å². The molecule has 3 N–H and O–H groups in total. The van der Waals surface area contributed by atoms with Gasteiger partial charge < -0.3 is 16.0 Å². The summed E-state index contributed by atoms with van der Waals surface area (Å²) in [6.45, 7) is 10.1. The number of carbonyl (C=O) groups excluding carboxylic acids is 1. The first kappa shape index (κ1) is 22.7. The minimum Gasteiger partial charge on any atom is -0.357 e. The van der Waals surface area contributed by atoms with Gasteiger partial charge in [0.1, 0.15) is 0 Å². The zero-order valence-corrected chi connectivity index (χ0v) is 17.5. The van der Waals surface area contributed by atoms with Gasteiger partial charge in [-0.2, -0.15) is 0 Å². The first-order valence-electron chi connectivity index (χ1n) is 8.45. The fourth-order valence-electron chi connectivity index (χ4n) is 2.25. The maximum atomic E-state index is 11.6. The molecule has 0 aliphatic carbocycles. The van der Waals surface area contributed by atoms with Crippen molar-refractivity contribution in [2.24, 2.45) is 4.99 Å². The summed E-state index contributed by atoms with van der Waals surface area (Å²) in [4.78, 5) is 16.3. The van der Waals surface area contributed by atoms with Crippen LogP contribution in [-0.4, -0.2) is 31.0 Å². The summed E-state index contributed by atoms with van der Waals surface area (Å²) >= 11 is 0. The Morgan fingerprint density at radius 2 is 1.79 bits per heavy atom. The lowest BCUT2D eigenvalue weighted by Gasteiger charge is -2.13. The number of nitrogens with zero attached hydrogens (tertiary/aromatic N) is 1. The largest absolute Gasteiger partial charge is 0.357 e. The highest BCUT2D eigenvalue weighted by atomic mass is 127. The molecular weight excluding hydrogens is 415 g/mol. The van der Waals surface area contributed by atoms with E-state index in [4.69, 9.17) is 0 Å². The molecular formula is C18H31IN4O. The van der Waals surface area contributed by atoms with Gasteiger partial charge >= 0.3 is 0 Å². The van der Waals surface area contributed by atoms with Gasteiger partial charge in [0.2, 0.25) is 5.91 Å². The average molecular weight is 446 g/mol. The second-order valence-electron chi connectivity index (χ2n) is 5.72. The van der Waals surface area contributed by atoms with Crippen molar-refractivity contribution in [1.29, 1.82) is 0 Å². The second kappa shape index (κ2) is 13.0. The molecule has 0 atom stereocenters. The van der Waals surface area contributed by atoms with Crippen molar-refractivity contribution in [2.45, 2.75) is 53.1 Å². The summed E-state index contributed by atoms with van der Waals surface area (Å²) < 4.78 is 0. The van der Waals surface area contributed by atoms with Gasteiger partial charge in [0.15, 0.2) is 5.96 Å². The van der Waals surface area contributed by atoms with Gasteiger partial charge in [-0.3, -0.25) is 4.79 Å². The number of amides is 1. The van der Waals surface area contributed by atoms with Gasteiger partial charge in [-0.15, -0.1) is 24.0 Å². The van der Waals surface area contributed by atoms with Gasteiger partial charge in [-0.05, 0) is 38.3 Å². The van der Waals surface area contributed by atoms with Crippen LogP contribution in [0.5, 0.6) is 0 Å². The highest BCUT2D eigenvalue weighted by Gasteiger charge is 2.04. The zero-order chi connectivity index (χ0) is 17.1. The first-order chi connectivity index (χ1) is 11.1. The van der Waals surface area contributed by atoms with Crippen molar-refractivity contribution in [3.05, 3.63) is 35.4 Å². The molecule has 0 saturated heterocycles. The molecule has 136 valence electrons. The maximum absolute atomic E-state index is 11.6. The topological polar surface area (TPSA) is 65.5 Å². The van der Waals surface area contributed by atoms with Crippen molar-refractivity contribution in [3.8, 4) is 0 Å². The van der Waals surface area contributed by atoms with Crippen LogP contribution in [0.3, 0.4) is 0 Å². The van der Waals surface area contributed by atoms with Crippen molar-refractivity contribution in [2.75, 3.05) is 13.1 Å². The van der Waals surface area contributed by atoms with Gasteiger partial charge in [-0.1, -0.05) is 31.2 Å². The summed E-state index contributed by atoms with van der Waals surface area (Å²) in [5, 5.41) is 9.30. The van der Waals surface area contributed by atoms with Gasteiger partial charge in [0.05, 0.1) is 6.54 Å². The predicted molar refractivity (Wildman–Crippen MR) is 112 cm³/mol. The fourth-order valence-corrected chi connectivity index (χ4v) is 2.25. The van der Waals surface area contributed by atoms with Crippen molar-refractivity contribution in [3.63, 3.8) is 0 Å². The SMILES string of the molecule is CCNC(=NCc1ccccc1CC)NCCC(=O)NC(C)C.I. The Labute approximate surface area is 163 Å². The molecule has 1 amide bonds. The molecule has 1 aromatic carbocycles. The molecule has 5 nitrogen and oxygen atoms in total. The Balaban J connectivity index is 0.00000529. The van der Waals surface area contributed by atoms with Gasteiger partial charge in [0, 0.05) is 25.6 Å². The lowest BCUT2D eigenvalue weighted by atomic mass is 10.1. The molecule has 0 saturated carbocycles. The van der Waals surface area contributed by atoms with Crippen molar-refractivity contribution >= 4 is 35.8 Å². The quantitative estimate of drug-likeness (QED) is 0.327. The monoisotopic (exact) mass is 446 g/mol. The number of rotatable bonds is 8. The van der Waals surface area contributed by atoms with E-state index >= 15 is 0 Å². The van der Waals surface area contributed by atoms with E-state index in [0.717, 1.165) is 18.9 Å². The van der Waals surface area contributed by atoms with Crippen molar-refractivity contribution in [1.82, 2.24) is 16.0 Å². The number of hydrogen-bond donors (Lipinski definition) is 3. The van der Waals surface area contributed by atoms with E-state index in [9.17, 15) is 4.79 Å². The third-order valence-corrected chi connectivity index (χ3v) is 3.35. The molecule has 0 aliphatic rings. The summed E-state index contributed by atoms with van der Waals surface area (Å²) in [5.41, 5.74) is 2.56. The highest BCUT2D eigenvalue weighted by Crippen LogP contribution is 2.10. The molecule has 24 heavy (non-hydrogen) atoms. The van der Waals surface area contributed by atoms with E-state index in [-0.39, 0.29) is 35.9 Å². The number of nitrogens with one attached hydrogen (secondary N) is 3. The molecule has 6 heteroatoms. The Kier molecular flexibility index (Phi) is 12.3. The minimum absolute atomic E-state index is 0. The van der Waals surface area contributed by atoms with E-state index < -0.39 is 0 Å². The van der Waals surface area contributed by atoms with Crippen LogP contribution in [0.1, 0.15) is 45.2 Å². The number of guanidine groups is 1. The van der Waals surface area contributed by atoms with Gasteiger partial charge in [-0.25, -0.2) is 4.99 Å². The summed E-state index contributed by atoms with van der Waals surface area (Å²) in [6.07, 6.45) is 1.44. The summed E-state index contributed by atoms with van der Waals surface area (Å²) in [7, 11) is 0. The number of aryl methyl sites for hydroxylation is 1. The van der Waals surface area contributed by atoms with Crippen molar-refractivity contribution < 1.29 is 4.79 Å². The molecule has 0 spiro atoms. The van der Waals surface area contributed by atoms with Crippen LogP contribution in [0.2, 0.25) is 0 Å². The molecule has 0 radical (unpaired) electrons. The minimum atomic E-state index is 0. The molecule has 0 fully saturated rings. The van der Waals surface area contributed by atoms with E-state index in [1.807, 2.05) is 26.8 Å². The summed E-state index contributed by atoms with van der Waals surface area (Å²) in [5.74, 6) is 0.801. The normalized spacial score (nSPS) is 11.0. The Morgan fingerprint density at radius 1 is 1.12 bits per heavy atom. The predicted octanol–water partition coefficient (Wildman–Crippen LogP) is 2.84. The average Bonchev–Trinajstić information content (AvgIpc) is 2.52. The van der Waals surface area contributed by atoms with Crippen LogP contribution in [0, 0.1) is 0 Å². The lowest BCUT2D eigenvalue weighted by Crippen LogP contribution is -2.40. The fraction of sp³-hybridized carbons (Fsp3) is 0.556. The number of halogens is 1. The van der Waals surface area contributed by atoms with Crippen LogP contribution in [0.4, 0.5) is 0 Å². The van der Waals surface area contributed by atoms with Crippen LogP contribution in [0.15, 0.2) is 29.3 Å². The Hall–Kier alpha value is -1.31. The van der Waals surface area contributed by atoms with Crippen LogP contribution >= 0.6 is 24.0 Å². The second-order valence-corrected chi connectivity index (χ2v) is 5.72. The van der Waals surface area contributed by atoms with E-state index in [1.165, 1.54) is 11.1 Å². The van der Waals surface area contributed by atoms with E-state index in [2.05, 4.69) is 46.1 Å². The molecule has 0 aromatic heterocycles. The Bertz CT molecular complexity index is 517. The van der Waals surface area contributed by atoms with Gasteiger partial charge in [0.25, 0.3) is 0 Å². The number of aliphatic imine (C=N–C) groups is 1. The lowest BCUT2D eigenvalue weighted by molar-refractivity contribution is -0.121. The van der Waals surface area contributed by atoms with Crippen LogP contribution in [-0.2, 0) is 17.8 Å². The van der Waals surface area contributed by atoms with Crippen LogP contribution in [0.25, 0.3) is 0 Å². The standard InChI is InChI=1S/C18H30N4O.HI/c1-5-15-9-7-8-10-16(15)13-21-18(19-6-2)20-12-11-17(23)22-14(3)4;/h7-10,14H,5-6,11-13H2,1-4H3,(H,22,23)(H2,19,20,21);1H. The molecule has 0 heterocycles. The third kappa shape index (κ3) is 9.10. The highest BCUT2D eigenvalue weighted by molar-refractivity contribution is 14.0. The number of hydrogen-bond acceptors (Lipinski definition) is 2.